The summed E-state index contributed by atoms with van der Waals surface area (Å²) in [6, 6.07) is 5.18. The molecule has 120 valence electrons. The number of nitrogens with zero attached hydrogens (tertiary/aromatic N) is 2. The van der Waals surface area contributed by atoms with Crippen LogP contribution >= 0.6 is 0 Å². The number of benzene rings is 1. The lowest BCUT2D eigenvalue weighted by atomic mass is 10.2. The minimum atomic E-state index is -0.591. The Morgan fingerprint density at radius 3 is 2.57 bits per heavy atom. The van der Waals surface area contributed by atoms with Gasteiger partial charge in [-0.15, -0.1) is 0 Å². The lowest BCUT2D eigenvalue weighted by Gasteiger charge is -2.19. The minimum Gasteiger partial charge on any atom is -0.486 e. The number of hydrogen-bond acceptors (Lipinski definition) is 4. The van der Waals surface area contributed by atoms with Gasteiger partial charge in [0.25, 0.3) is 0 Å². The first kappa shape index (κ1) is 15.1. The molecule has 0 saturated carbocycles. The Morgan fingerprint density at radius 1 is 1.09 bits per heavy atom. The molecule has 6 nitrogen and oxygen atoms in total. The molecular formula is C17H18N2O4. The van der Waals surface area contributed by atoms with E-state index in [1.54, 1.807) is 30.6 Å². The van der Waals surface area contributed by atoms with Crippen molar-refractivity contribution in [3.8, 4) is 17.2 Å². The third kappa shape index (κ3) is 3.06. The second-order valence-corrected chi connectivity index (χ2v) is 5.54. The summed E-state index contributed by atoms with van der Waals surface area (Å²) in [7, 11) is 0. The fourth-order valence-electron chi connectivity index (χ4n) is 2.32. The topological polar surface area (TPSA) is 62.5 Å². The number of hydrogen-bond donors (Lipinski definition) is 0. The molecule has 0 N–H and O–H groups in total. The van der Waals surface area contributed by atoms with Crippen LogP contribution in [-0.2, 0) is 6.54 Å². The summed E-state index contributed by atoms with van der Waals surface area (Å²) in [6.07, 6.45) is 5.10. The monoisotopic (exact) mass is 314 g/mol. The Kier molecular flexibility index (Phi) is 4.06. The van der Waals surface area contributed by atoms with Crippen LogP contribution in [0.5, 0.6) is 11.5 Å². The molecule has 3 rings (SSSR count). The molecule has 1 aliphatic heterocycles. The highest BCUT2D eigenvalue weighted by Gasteiger charge is 2.13. The van der Waals surface area contributed by atoms with E-state index in [0.717, 1.165) is 5.57 Å². The molecule has 2 aromatic rings. The first-order valence-corrected chi connectivity index (χ1v) is 7.42. The van der Waals surface area contributed by atoms with E-state index in [-0.39, 0.29) is 0 Å². The molecule has 0 unspecified atom stereocenters. The first-order chi connectivity index (χ1) is 11.1. The summed E-state index contributed by atoms with van der Waals surface area (Å²) in [5.41, 5.74) is 0.518. The van der Waals surface area contributed by atoms with Crippen molar-refractivity contribution >= 4 is 0 Å². The van der Waals surface area contributed by atoms with Gasteiger partial charge < -0.3 is 14.0 Å². The van der Waals surface area contributed by atoms with Crippen molar-refractivity contribution in [3.05, 3.63) is 62.9 Å². The molecule has 0 fully saturated rings. The van der Waals surface area contributed by atoms with Crippen LogP contribution < -0.4 is 20.6 Å². The predicted octanol–water partition coefficient (Wildman–Crippen LogP) is 1.74. The van der Waals surface area contributed by atoms with Crippen LogP contribution in [0.1, 0.15) is 13.8 Å². The van der Waals surface area contributed by atoms with Crippen molar-refractivity contribution in [2.45, 2.75) is 20.4 Å². The molecule has 0 amide bonds. The Hall–Kier alpha value is -2.76. The largest absolute Gasteiger partial charge is 0.486 e. The SMILES string of the molecule is CC(C)=CCn1ccn(-c2ccc3c(c2)OCCO3)c(=O)c1=O. The number of rotatable bonds is 3. The van der Waals surface area contributed by atoms with Crippen LogP contribution in [0, 0.1) is 0 Å². The molecule has 0 radical (unpaired) electrons. The fourth-order valence-corrected chi connectivity index (χ4v) is 2.32. The van der Waals surface area contributed by atoms with Crippen LogP contribution in [0.25, 0.3) is 5.69 Å². The first-order valence-electron chi connectivity index (χ1n) is 7.42. The lowest BCUT2D eigenvalue weighted by molar-refractivity contribution is 0.171. The van der Waals surface area contributed by atoms with Crippen LogP contribution in [0.4, 0.5) is 0 Å². The quantitative estimate of drug-likeness (QED) is 0.639. The number of allylic oxidation sites excluding steroid dienone is 2. The van der Waals surface area contributed by atoms with E-state index >= 15 is 0 Å². The van der Waals surface area contributed by atoms with Gasteiger partial charge in [0, 0.05) is 25.0 Å². The normalized spacial score (nSPS) is 12.8. The Bertz CT molecular complexity index is 873. The highest BCUT2D eigenvalue weighted by Crippen LogP contribution is 2.31. The molecule has 0 spiro atoms. The summed E-state index contributed by atoms with van der Waals surface area (Å²) in [5.74, 6) is 1.22. The van der Waals surface area contributed by atoms with Crippen LogP contribution in [0.2, 0.25) is 0 Å². The van der Waals surface area contributed by atoms with Gasteiger partial charge in [0.2, 0.25) is 0 Å². The Balaban J connectivity index is 2.01. The van der Waals surface area contributed by atoms with Crippen molar-refractivity contribution in [1.29, 1.82) is 0 Å². The standard InChI is InChI=1S/C17H18N2O4/c1-12(2)5-6-18-7-8-19(17(21)16(18)20)13-3-4-14-15(11-13)23-10-9-22-14/h3-5,7-8,11H,6,9-10H2,1-2H3. The van der Waals surface area contributed by atoms with Gasteiger partial charge >= 0.3 is 11.1 Å². The fraction of sp³-hybridized carbons (Fsp3) is 0.294. The highest BCUT2D eigenvalue weighted by atomic mass is 16.6. The van der Waals surface area contributed by atoms with Gasteiger partial charge in [0.15, 0.2) is 11.5 Å². The van der Waals surface area contributed by atoms with E-state index < -0.39 is 11.1 Å². The summed E-state index contributed by atoms with van der Waals surface area (Å²) in [5, 5.41) is 0. The smallest absolute Gasteiger partial charge is 0.320 e. The van der Waals surface area contributed by atoms with E-state index in [9.17, 15) is 9.59 Å². The molecule has 0 atom stereocenters. The van der Waals surface area contributed by atoms with E-state index in [0.29, 0.717) is 36.9 Å². The summed E-state index contributed by atoms with van der Waals surface area (Å²) in [4.78, 5) is 24.5. The van der Waals surface area contributed by atoms with Crippen LogP contribution in [-0.4, -0.2) is 22.3 Å². The minimum absolute atomic E-state index is 0.387. The molecule has 0 aliphatic carbocycles. The third-order valence-corrected chi connectivity index (χ3v) is 3.56. The van der Waals surface area contributed by atoms with Crippen molar-refractivity contribution in [1.82, 2.24) is 9.13 Å². The lowest BCUT2D eigenvalue weighted by Crippen LogP contribution is -2.39. The molecule has 1 aromatic heterocycles. The molecule has 1 aromatic carbocycles. The van der Waals surface area contributed by atoms with Crippen LogP contribution in [0.15, 0.2) is 51.8 Å². The van der Waals surface area contributed by atoms with Gasteiger partial charge in [-0.3, -0.25) is 14.2 Å². The maximum atomic E-state index is 12.3. The molecule has 1 aliphatic rings. The van der Waals surface area contributed by atoms with Gasteiger partial charge in [-0.2, -0.15) is 0 Å². The maximum Gasteiger partial charge on any atom is 0.320 e. The summed E-state index contributed by atoms with van der Waals surface area (Å²) in [6.45, 7) is 5.25. The molecule has 0 saturated heterocycles. The second kappa shape index (κ2) is 6.16. The average Bonchev–Trinajstić information content (AvgIpc) is 2.55. The van der Waals surface area contributed by atoms with Crippen molar-refractivity contribution in [2.24, 2.45) is 0 Å². The number of ether oxygens (including phenoxy) is 2. The molecule has 23 heavy (non-hydrogen) atoms. The third-order valence-electron chi connectivity index (χ3n) is 3.56. The van der Waals surface area contributed by atoms with E-state index in [1.807, 2.05) is 19.9 Å². The van der Waals surface area contributed by atoms with E-state index in [2.05, 4.69) is 0 Å². The predicted molar refractivity (Wildman–Crippen MR) is 86.7 cm³/mol. The second-order valence-electron chi connectivity index (χ2n) is 5.54. The number of aromatic nitrogens is 2. The molecular weight excluding hydrogens is 296 g/mol. The maximum absolute atomic E-state index is 12.3. The zero-order valence-electron chi connectivity index (χ0n) is 13.1. The average molecular weight is 314 g/mol. The van der Waals surface area contributed by atoms with Gasteiger partial charge in [0.05, 0.1) is 5.69 Å². The summed E-state index contributed by atoms with van der Waals surface area (Å²) < 4.78 is 13.7. The van der Waals surface area contributed by atoms with Gasteiger partial charge in [-0.25, -0.2) is 0 Å². The Labute approximate surface area is 133 Å². The highest BCUT2D eigenvalue weighted by molar-refractivity contribution is 5.49. The molecule has 2 heterocycles. The molecule has 0 bridgehead atoms. The van der Waals surface area contributed by atoms with Gasteiger partial charge in [-0.1, -0.05) is 11.6 Å². The van der Waals surface area contributed by atoms with Gasteiger partial charge in [-0.05, 0) is 26.0 Å². The van der Waals surface area contributed by atoms with Crippen LogP contribution in [0.3, 0.4) is 0 Å². The number of fused-ring (bicyclic) bond motifs is 1. The zero-order chi connectivity index (χ0) is 16.4. The van der Waals surface area contributed by atoms with Crippen molar-refractivity contribution < 1.29 is 9.47 Å². The van der Waals surface area contributed by atoms with Crippen molar-refractivity contribution in [2.75, 3.05) is 13.2 Å². The summed E-state index contributed by atoms with van der Waals surface area (Å²) >= 11 is 0. The van der Waals surface area contributed by atoms with E-state index in [4.69, 9.17) is 9.47 Å². The Morgan fingerprint density at radius 2 is 1.83 bits per heavy atom. The van der Waals surface area contributed by atoms with Gasteiger partial charge in [0.1, 0.15) is 13.2 Å². The van der Waals surface area contributed by atoms with E-state index in [1.165, 1.54) is 9.13 Å². The zero-order valence-corrected chi connectivity index (χ0v) is 13.1. The van der Waals surface area contributed by atoms with Crippen molar-refractivity contribution in [3.63, 3.8) is 0 Å². The molecule has 6 heteroatoms.